The van der Waals surface area contributed by atoms with Gasteiger partial charge in [0.25, 0.3) is 0 Å². The number of nitrogens with zero attached hydrogens (tertiary/aromatic N) is 5. The number of likely N-dealkylation sites (N-methyl/N-ethyl adjacent to an activating group) is 1. The van der Waals surface area contributed by atoms with Gasteiger partial charge in [-0.05, 0) is 29.8 Å². The van der Waals surface area contributed by atoms with Crippen LogP contribution in [0.2, 0.25) is 0 Å². The smallest absolute Gasteiger partial charge is 0.338 e. The number of rotatable bonds is 6. The lowest BCUT2D eigenvalue weighted by atomic mass is 10.2. The highest BCUT2D eigenvalue weighted by Gasteiger charge is 2.22. The zero-order valence-corrected chi connectivity index (χ0v) is 14.7. The number of carbonyl (C=O) groups is 2. The van der Waals surface area contributed by atoms with Crippen LogP contribution in [0.5, 0.6) is 0 Å². The zero-order chi connectivity index (χ0) is 17.1. The van der Waals surface area contributed by atoms with Crippen molar-refractivity contribution in [2.45, 2.75) is 33.0 Å². The Morgan fingerprint density at radius 1 is 1.39 bits per heavy atom. The molecule has 0 aliphatic rings. The normalized spacial score (nSPS) is 12.2. The van der Waals surface area contributed by atoms with Crippen molar-refractivity contribution in [2.75, 3.05) is 7.05 Å². The number of halogens is 1. The van der Waals surface area contributed by atoms with E-state index in [0.717, 1.165) is 10.2 Å². The summed E-state index contributed by atoms with van der Waals surface area (Å²) in [4.78, 5) is 25.0. The quantitative estimate of drug-likeness (QED) is 0.820. The van der Waals surface area contributed by atoms with Crippen molar-refractivity contribution in [3.63, 3.8) is 0 Å². The summed E-state index contributed by atoms with van der Waals surface area (Å²) < 4.78 is 4.02. The summed E-state index contributed by atoms with van der Waals surface area (Å²) >= 11 is 3.43. The minimum atomic E-state index is -1.07. The number of aromatic nitrogens is 4. The van der Waals surface area contributed by atoms with Gasteiger partial charge in [0.2, 0.25) is 5.91 Å². The van der Waals surface area contributed by atoms with E-state index in [1.807, 2.05) is 11.6 Å². The van der Waals surface area contributed by atoms with E-state index >= 15 is 0 Å². The maximum atomic E-state index is 12.5. The Morgan fingerprint density at radius 2 is 2.09 bits per heavy atom. The van der Waals surface area contributed by atoms with E-state index < -0.39 is 12.0 Å². The van der Waals surface area contributed by atoms with Gasteiger partial charge >= 0.3 is 5.97 Å². The lowest BCUT2D eigenvalue weighted by molar-refractivity contribution is -0.133. The molecule has 0 aromatic carbocycles. The van der Waals surface area contributed by atoms with Crippen LogP contribution in [-0.4, -0.2) is 48.5 Å². The lowest BCUT2D eigenvalue weighted by Gasteiger charge is -2.22. The highest BCUT2D eigenvalue weighted by Crippen LogP contribution is 2.19. The molecular weight excluding hydrogens is 366 g/mol. The molecule has 9 heteroatoms. The average Bonchev–Trinajstić information content (AvgIpc) is 3.14. The molecule has 0 bridgehead atoms. The first-order chi connectivity index (χ1) is 10.8. The van der Waals surface area contributed by atoms with E-state index in [1.54, 1.807) is 25.1 Å². The van der Waals surface area contributed by atoms with Crippen LogP contribution in [0, 0.1) is 0 Å². The van der Waals surface area contributed by atoms with Gasteiger partial charge < -0.3 is 10.0 Å². The first kappa shape index (κ1) is 17.2. The van der Waals surface area contributed by atoms with Gasteiger partial charge in [0.05, 0.1) is 34.7 Å². The predicted octanol–water partition coefficient (Wildman–Crippen LogP) is 1.78. The monoisotopic (exact) mass is 383 g/mol. The molecule has 1 atom stereocenters. The molecule has 8 nitrogen and oxygen atoms in total. The Hall–Kier alpha value is -2.16. The maximum Gasteiger partial charge on any atom is 0.338 e. The third kappa shape index (κ3) is 3.61. The van der Waals surface area contributed by atoms with Gasteiger partial charge in [0.15, 0.2) is 0 Å². The highest BCUT2D eigenvalue weighted by atomic mass is 79.9. The molecule has 1 unspecified atom stereocenters. The van der Waals surface area contributed by atoms with E-state index in [0.29, 0.717) is 13.1 Å². The molecule has 124 valence electrons. The molecule has 2 rings (SSSR count). The molecule has 0 fully saturated rings. The standard InChI is InChI=1S/C14H18BrN5O3/c1-4-19-12(11(15)6-17-19)8-18(3)13(21)9(2)20-7-10(5-16-20)14(22)23/h5-7,9H,4,8H2,1-3H3,(H,22,23). The second-order valence-electron chi connectivity index (χ2n) is 5.14. The average molecular weight is 384 g/mol. The molecule has 2 aromatic heterocycles. The zero-order valence-electron chi connectivity index (χ0n) is 13.1. The summed E-state index contributed by atoms with van der Waals surface area (Å²) in [6, 6.07) is -0.593. The molecule has 0 radical (unpaired) electrons. The van der Waals surface area contributed by atoms with Crippen LogP contribution in [0.15, 0.2) is 23.1 Å². The second kappa shape index (κ2) is 6.95. The van der Waals surface area contributed by atoms with Crippen molar-refractivity contribution in [2.24, 2.45) is 0 Å². The summed E-state index contributed by atoms with van der Waals surface area (Å²) in [6.07, 6.45) is 4.28. The fourth-order valence-electron chi connectivity index (χ4n) is 2.21. The van der Waals surface area contributed by atoms with Gasteiger partial charge in [-0.3, -0.25) is 14.2 Å². The minimum Gasteiger partial charge on any atom is -0.478 e. The number of aromatic carboxylic acids is 1. The second-order valence-corrected chi connectivity index (χ2v) is 5.99. The van der Waals surface area contributed by atoms with Crippen molar-refractivity contribution in [1.82, 2.24) is 24.5 Å². The summed E-state index contributed by atoms with van der Waals surface area (Å²) in [5.41, 5.74) is 0.960. The fourth-order valence-corrected chi connectivity index (χ4v) is 2.63. The van der Waals surface area contributed by atoms with Gasteiger partial charge in [-0.1, -0.05) is 0 Å². The first-order valence-corrected chi connectivity index (χ1v) is 7.87. The first-order valence-electron chi connectivity index (χ1n) is 7.07. The summed E-state index contributed by atoms with van der Waals surface area (Å²) in [7, 11) is 1.69. The van der Waals surface area contributed by atoms with Crippen molar-refractivity contribution >= 4 is 27.8 Å². The van der Waals surface area contributed by atoms with E-state index in [2.05, 4.69) is 26.1 Å². The summed E-state index contributed by atoms with van der Waals surface area (Å²) in [5, 5.41) is 17.1. The lowest BCUT2D eigenvalue weighted by Crippen LogP contribution is -2.33. The minimum absolute atomic E-state index is 0.0547. The van der Waals surface area contributed by atoms with Crippen molar-refractivity contribution < 1.29 is 14.7 Å². The van der Waals surface area contributed by atoms with Crippen LogP contribution in [0.1, 0.15) is 35.9 Å². The largest absolute Gasteiger partial charge is 0.478 e. The van der Waals surface area contributed by atoms with Gasteiger partial charge in [-0.15, -0.1) is 0 Å². The molecule has 0 spiro atoms. The SMILES string of the molecule is CCn1ncc(Br)c1CN(C)C(=O)C(C)n1cc(C(=O)O)cn1. The van der Waals surface area contributed by atoms with E-state index in [1.165, 1.54) is 17.1 Å². The highest BCUT2D eigenvalue weighted by molar-refractivity contribution is 9.10. The summed E-state index contributed by atoms with van der Waals surface area (Å²) in [5.74, 6) is -1.24. The molecule has 1 N–H and O–H groups in total. The van der Waals surface area contributed by atoms with Gasteiger partial charge in [0.1, 0.15) is 6.04 Å². The summed E-state index contributed by atoms with van der Waals surface area (Å²) in [6.45, 7) is 4.76. The van der Waals surface area contributed by atoms with Gasteiger partial charge in [-0.25, -0.2) is 4.79 Å². The molecule has 2 aromatic rings. The Kier molecular flexibility index (Phi) is 5.19. The van der Waals surface area contributed by atoms with Crippen molar-refractivity contribution in [3.8, 4) is 0 Å². The Morgan fingerprint density at radius 3 is 2.65 bits per heavy atom. The number of carbonyl (C=O) groups excluding carboxylic acids is 1. The van der Waals surface area contributed by atoms with Gasteiger partial charge in [0, 0.05) is 19.8 Å². The van der Waals surface area contributed by atoms with E-state index in [-0.39, 0.29) is 11.5 Å². The van der Waals surface area contributed by atoms with Crippen LogP contribution < -0.4 is 0 Å². The molecule has 23 heavy (non-hydrogen) atoms. The Bertz CT molecular complexity index is 724. The number of aryl methyl sites for hydroxylation is 1. The number of hydrogen-bond donors (Lipinski definition) is 1. The fraction of sp³-hybridized carbons (Fsp3) is 0.429. The Labute approximate surface area is 141 Å². The van der Waals surface area contributed by atoms with Crippen LogP contribution in [-0.2, 0) is 17.9 Å². The van der Waals surface area contributed by atoms with Crippen LogP contribution in [0.4, 0.5) is 0 Å². The van der Waals surface area contributed by atoms with E-state index in [4.69, 9.17) is 5.11 Å². The third-order valence-electron chi connectivity index (χ3n) is 3.56. The van der Waals surface area contributed by atoms with Gasteiger partial charge in [-0.2, -0.15) is 10.2 Å². The van der Waals surface area contributed by atoms with Crippen molar-refractivity contribution in [1.29, 1.82) is 0 Å². The van der Waals surface area contributed by atoms with Crippen LogP contribution in [0.25, 0.3) is 0 Å². The molecule has 0 saturated heterocycles. The topological polar surface area (TPSA) is 93.2 Å². The molecule has 2 heterocycles. The van der Waals surface area contributed by atoms with E-state index in [9.17, 15) is 9.59 Å². The third-order valence-corrected chi connectivity index (χ3v) is 4.23. The molecule has 0 aliphatic carbocycles. The molecule has 1 amide bonds. The number of hydrogen-bond acceptors (Lipinski definition) is 4. The Balaban J connectivity index is 2.12. The van der Waals surface area contributed by atoms with Crippen LogP contribution >= 0.6 is 15.9 Å². The number of carboxylic acid groups (broad SMARTS) is 1. The van der Waals surface area contributed by atoms with Crippen molar-refractivity contribution in [3.05, 3.63) is 34.3 Å². The molecule has 0 aliphatic heterocycles. The molecular formula is C14H18BrN5O3. The maximum absolute atomic E-state index is 12.5. The predicted molar refractivity (Wildman–Crippen MR) is 86.0 cm³/mol. The molecule has 0 saturated carbocycles. The number of carboxylic acids is 1. The van der Waals surface area contributed by atoms with Crippen LogP contribution in [0.3, 0.4) is 0 Å². The number of amides is 1.